The van der Waals surface area contributed by atoms with Crippen LogP contribution >= 0.6 is 0 Å². The fraction of sp³-hybridized carbons (Fsp3) is 0.360. The summed E-state index contributed by atoms with van der Waals surface area (Å²) < 4.78 is 93.6. The number of hydrogen-bond acceptors (Lipinski definition) is 5. The van der Waals surface area contributed by atoms with Crippen molar-refractivity contribution in [3.8, 4) is 0 Å². The number of aromatic nitrogens is 1. The number of nitrogens with zero attached hydrogens (tertiary/aromatic N) is 4. The second kappa shape index (κ2) is 11.7. The van der Waals surface area contributed by atoms with Gasteiger partial charge in [-0.15, -0.1) is 0 Å². The van der Waals surface area contributed by atoms with Gasteiger partial charge in [-0.1, -0.05) is 0 Å². The number of nitrogens with one attached hydrogen (secondary N) is 1. The molecule has 1 aromatic carbocycles. The smallest absolute Gasteiger partial charge is 0.351 e. The van der Waals surface area contributed by atoms with Gasteiger partial charge in [0.25, 0.3) is 0 Å². The molecule has 3 rings (SSSR count). The molecule has 210 valence electrons. The van der Waals surface area contributed by atoms with Gasteiger partial charge >= 0.3 is 6.18 Å². The van der Waals surface area contributed by atoms with Crippen LogP contribution in [-0.2, 0) is 21.4 Å². The molecule has 39 heavy (non-hydrogen) atoms. The summed E-state index contributed by atoms with van der Waals surface area (Å²) in [5.74, 6) is -2.81. The highest BCUT2D eigenvalue weighted by Gasteiger charge is 2.49. The first-order chi connectivity index (χ1) is 18.2. The monoisotopic (exact) mass is 571 g/mol. The average Bonchev–Trinajstić information content (AvgIpc) is 3.17. The number of alkyl halides is 4. The van der Waals surface area contributed by atoms with E-state index in [-0.39, 0.29) is 29.1 Å². The maximum absolute atomic E-state index is 14.6. The van der Waals surface area contributed by atoms with Crippen LogP contribution in [0.2, 0.25) is 0 Å². The van der Waals surface area contributed by atoms with Gasteiger partial charge < -0.3 is 5.32 Å². The van der Waals surface area contributed by atoms with Gasteiger partial charge in [0.05, 0.1) is 16.6 Å². The number of hydrogen-bond donors (Lipinski definition) is 1. The van der Waals surface area contributed by atoms with Crippen LogP contribution in [0.3, 0.4) is 0 Å². The molecule has 2 aromatic rings. The van der Waals surface area contributed by atoms with Crippen molar-refractivity contribution >= 4 is 34.1 Å². The molecule has 0 unspecified atom stereocenters. The molecule has 2 heterocycles. The third-order valence-corrected chi connectivity index (χ3v) is 8.24. The summed E-state index contributed by atoms with van der Waals surface area (Å²) in [7, 11) is -4.32. The maximum atomic E-state index is 14.6. The van der Waals surface area contributed by atoms with Gasteiger partial charge in [0.2, 0.25) is 21.8 Å². The van der Waals surface area contributed by atoms with Crippen LogP contribution in [0.1, 0.15) is 37.1 Å². The molecule has 0 aliphatic carbocycles. The predicted octanol–water partition coefficient (Wildman–Crippen LogP) is 4.36. The first-order valence-electron chi connectivity index (χ1n) is 11.6. The molecule has 8 nitrogen and oxygen atoms in total. The molecule has 1 N–H and O–H groups in total. The Morgan fingerprint density at radius 2 is 1.92 bits per heavy atom. The van der Waals surface area contributed by atoms with Gasteiger partial charge in [-0.2, -0.15) is 17.5 Å². The Morgan fingerprint density at radius 1 is 1.28 bits per heavy atom. The van der Waals surface area contributed by atoms with Crippen LogP contribution in [0, 0.1) is 12.7 Å². The largest absolute Gasteiger partial charge is 0.451 e. The van der Waals surface area contributed by atoms with Gasteiger partial charge in [-0.05, 0) is 74.5 Å². The average molecular weight is 572 g/mol. The Hall–Kier alpha value is -3.52. The molecule has 1 amide bonds. The Morgan fingerprint density at radius 3 is 2.51 bits per heavy atom. The predicted molar refractivity (Wildman–Crippen MR) is 136 cm³/mol. The second-order valence-corrected chi connectivity index (χ2v) is 10.8. The minimum absolute atomic E-state index is 0.0922. The van der Waals surface area contributed by atoms with Gasteiger partial charge in [-0.3, -0.25) is 9.78 Å². The minimum atomic E-state index is -4.77. The highest BCUT2D eigenvalue weighted by Crippen LogP contribution is 2.33. The number of rotatable bonds is 7. The van der Waals surface area contributed by atoms with Gasteiger partial charge in [0, 0.05) is 25.4 Å². The van der Waals surface area contributed by atoms with Gasteiger partial charge in [0.1, 0.15) is 18.0 Å². The minimum Gasteiger partial charge on any atom is -0.351 e. The SMILES string of the molecule is C=NC(=N/C=C(\C)c1cc(CNC(=O)[C@@H]2C[C@@H](F)[C@H](C)N2S(=O)(=O)c2ccc(F)cc2)c(C)cn1)C(F)(F)F. The lowest BCUT2D eigenvalue weighted by Crippen LogP contribution is -2.48. The van der Waals surface area contributed by atoms with E-state index in [1.807, 2.05) is 0 Å². The van der Waals surface area contributed by atoms with Crippen molar-refractivity contribution in [2.75, 3.05) is 0 Å². The Labute approximate surface area is 222 Å². The van der Waals surface area contributed by atoms with E-state index < -0.39 is 52.0 Å². The van der Waals surface area contributed by atoms with E-state index >= 15 is 0 Å². The standard InChI is InChI=1S/C25H26F5N5O3S/c1-14-11-32-21(15(2)12-34-24(31-4)25(28,29)30)9-17(14)13-33-23(36)22-10-20(27)16(3)35(22)39(37,38)19-7-5-18(26)6-8-19/h5-9,11-12,16,20,22H,4,10,13H2,1-3H3,(H,33,36)/b15-12+,34-24?/t16-,20+,22-/m0/s1. The van der Waals surface area contributed by atoms with E-state index in [1.54, 1.807) is 6.92 Å². The molecule has 1 saturated heterocycles. The molecule has 3 atom stereocenters. The zero-order chi connectivity index (χ0) is 29.1. The number of amidine groups is 1. The number of amides is 1. The van der Waals surface area contributed by atoms with Gasteiger partial charge in [-0.25, -0.2) is 27.2 Å². The molecule has 1 aliphatic rings. The molecule has 1 fully saturated rings. The summed E-state index contributed by atoms with van der Waals surface area (Å²) >= 11 is 0. The zero-order valence-electron chi connectivity index (χ0n) is 21.2. The van der Waals surface area contributed by atoms with Crippen molar-refractivity contribution in [2.45, 2.75) is 63.1 Å². The highest BCUT2D eigenvalue weighted by molar-refractivity contribution is 7.89. The lowest BCUT2D eigenvalue weighted by atomic mass is 10.1. The topological polar surface area (TPSA) is 104 Å². The van der Waals surface area contributed by atoms with Crippen molar-refractivity contribution in [1.82, 2.24) is 14.6 Å². The van der Waals surface area contributed by atoms with Crippen LogP contribution in [-0.4, -0.2) is 60.6 Å². The zero-order valence-corrected chi connectivity index (χ0v) is 22.0. The quantitative estimate of drug-likeness (QED) is 0.303. The number of allylic oxidation sites excluding steroid dienone is 1. The molecular weight excluding hydrogens is 545 g/mol. The Bertz CT molecular complexity index is 1410. The molecule has 0 bridgehead atoms. The van der Waals surface area contributed by atoms with Crippen LogP contribution in [0.4, 0.5) is 22.0 Å². The molecule has 0 saturated carbocycles. The van der Waals surface area contributed by atoms with E-state index in [1.165, 1.54) is 26.1 Å². The molecule has 0 radical (unpaired) electrons. The van der Waals surface area contributed by atoms with Crippen molar-refractivity contribution in [2.24, 2.45) is 9.98 Å². The highest BCUT2D eigenvalue weighted by atomic mass is 32.2. The normalized spacial score (nSPS) is 21.2. The number of halogens is 5. The van der Waals surface area contributed by atoms with E-state index in [0.717, 1.165) is 34.8 Å². The maximum Gasteiger partial charge on any atom is 0.451 e. The first-order valence-corrected chi connectivity index (χ1v) is 13.1. The third kappa shape index (κ3) is 6.74. The molecule has 1 aromatic heterocycles. The van der Waals surface area contributed by atoms with Gasteiger partial charge in [0.15, 0.2) is 0 Å². The van der Waals surface area contributed by atoms with Crippen LogP contribution in [0.5, 0.6) is 0 Å². The van der Waals surface area contributed by atoms with E-state index in [0.29, 0.717) is 11.1 Å². The fourth-order valence-corrected chi connectivity index (χ4v) is 5.80. The molecular formula is C25H26F5N5O3S. The van der Waals surface area contributed by atoms with Crippen LogP contribution in [0.25, 0.3) is 5.57 Å². The number of sulfonamides is 1. The van der Waals surface area contributed by atoms with E-state index in [2.05, 4.69) is 27.0 Å². The molecule has 1 aliphatic heterocycles. The lowest BCUT2D eigenvalue weighted by molar-refractivity contribution is -0.124. The third-order valence-electron chi connectivity index (χ3n) is 6.23. The lowest BCUT2D eigenvalue weighted by Gasteiger charge is -2.27. The van der Waals surface area contributed by atoms with Crippen molar-refractivity contribution in [3.05, 3.63) is 65.4 Å². The Kier molecular flexibility index (Phi) is 9.01. The Balaban J connectivity index is 1.81. The molecule has 14 heteroatoms. The first kappa shape index (κ1) is 30.0. The summed E-state index contributed by atoms with van der Waals surface area (Å²) in [4.78, 5) is 23.2. The second-order valence-electron chi connectivity index (χ2n) is 8.93. The number of carbonyl (C=O) groups excluding carboxylic acids is 1. The van der Waals surface area contributed by atoms with Crippen molar-refractivity contribution < 1.29 is 35.2 Å². The van der Waals surface area contributed by atoms with Crippen molar-refractivity contribution in [3.63, 3.8) is 0 Å². The van der Waals surface area contributed by atoms with Crippen molar-refractivity contribution in [1.29, 1.82) is 0 Å². The summed E-state index contributed by atoms with van der Waals surface area (Å²) in [5.41, 5.74) is 1.73. The van der Waals surface area contributed by atoms with Crippen LogP contribution in [0.15, 0.2) is 57.6 Å². The summed E-state index contributed by atoms with van der Waals surface area (Å²) in [6.45, 7) is 7.30. The van der Waals surface area contributed by atoms with Crippen LogP contribution < -0.4 is 5.32 Å². The number of aryl methyl sites for hydroxylation is 1. The number of aliphatic imine (C=N–C) groups is 2. The fourth-order valence-electron chi connectivity index (χ4n) is 3.99. The summed E-state index contributed by atoms with van der Waals surface area (Å²) in [6, 6.07) is 3.05. The summed E-state index contributed by atoms with van der Waals surface area (Å²) in [6.07, 6.45) is -4.35. The van der Waals surface area contributed by atoms with E-state index in [9.17, 15) is 35.2 Å². The number of benzene rings is 1. The molecule has 0 spiro atoms. The number of carbonyl (C=O) groups is 1. The van der Waals surface area contributed by atoms with E-state index in [4.69, 9.17) is 0 Å². The number of pyridine rings is 1. The summed E-state index contributed by atoms with van der Waals surface area (Å²) in [5, 5.41) is 2.61.